The van der Waals surface area contributed by atoms with Crippen molar-refractivity contribution in [3.8, 4) is 5.75 Å². The van der Waals surface area contributed by atoms with Gasteiger partial charge in [-0.1, -0.05) is 39.7 Å². The van der Waals surface area contributed by atoms with E-state index in [1.54, 1.807) is 18.5 Å². The second-order valence-corrected chi connectivity index (χ2v) is 5.08. The fourth-order valence-electron chi connectivity index (χ4n) is 1.55. The van der Waals surface area contributed by atoms with Gasteiger partial charge in [-0.2, -0.15) is 0 Å². The van der Waals surface area contributed by atoms with Gasteiger partial charge in [0, 0.05) is 23.3 Å². The first-order chi connectivity index (χ1) is 8.69. The summed E-state index contributed by atoms with van der Waals surface area (Å²) >= 11 is 9.25. The highest BCUT2D eigenvalue weighted by atomic mass is 79.9. The predicted molar refractivity (Wildman–Crippen MR) is 75.8 cm³/mol. The van der Waals surface area contributed by atoms with E-state index in [4.69, 9.17) is 22.1 Å². The fraction of sp³-hybridized carbons (Fsp3) is 0.154. The molecular formula is C13H12BrClN2O. The molecule has 0 radical (unpaired) electrons. The van der Waals surface area contributed by atoms with Gasteiger partial charge in [0.15, 0.2) is 0 Å². The van der Waals surface area contributed by atoms with E-state index in [1.165, 1.54) is 0 Å². The van der Waals surface area contributed by atoms with Crippen molar-refractivity contribution in [2.75, 3.05) is 6.54 Å². The molecule has 2 aromatic rings. The van der Waals surface area contributed by atoms with Gasteiger partial charge >= 0.3 is 0 Å². The van der Waals surface area contributed by atoms with Crippen LogP contribution in [-0.2, 0) is 0 Å². The van der Waals surface area contributed by atoms with Crippen molar-refractivity contribution >= 4 is 27.5 Å². The molecule has 0 aliphatic rings. The Morgan fingerprint density at radius 3 is 2.61 bits per heavy atom. The topological polar surface area (TPSA) is 48.1 Å². The molecular weight excluding hydrogens is 316 g/mol. The van der Waals surface area contributed by atoms with E-state index in [0.29, 0.717) is 17.3 Å². The first kappa shape index (κ1) is 13.3. The molecule has 0 fully saturated rings. The number of pyridine rings is 1. The Hall–Kier alpha value is -1.10. The van der Waals surface area contributed by atoms with E-state index in [0.717, 1.165) is 10.0 Å². The van der Waals surface area contributed by atoms with Crippen LogP contribution in [0.1, 0.15) is 11.7 Å². The molecule has 1 heterocycles. The monoisotopic (exact) mass is 326 g/mol. The summed E-state index contributed by atoms with van der Waals surface area (Å²) in [6.45, 7) is 0.383. The number of benzene rings is 1. The third-order valence-electron chi connectivity index (χ3n) is 2.41. The molecule has 0 saturated heterocycles. The largest absolute Gasteiger partial charge is 0.483 e. The van der Waals surface area contributed by atoms with Crippen LogP contribution >= 0.6 is 27.5 Å². The van der Waals surface area contributed by atoms with Crippen molar-refractivity contribution in [2.24, 2.45) is 5.73 Å². The zero-order chi connectivity index (χ0) is 13.0. The van der Waals surface area contributed by atoms with Crippen molar-refractivity contribution in [1.82, 2.24) is 4.98 Å². The van der Waals surface area contributed by atoms with Crippen molar-refractivity contribution in [2.45, 2.75) is 6.10 Å². The maximum atomic E-state index is 5.86. The Balaban J connectivity index is 2.17. The van der Waals surface area contributed by atoms with E-state index in [2.05, 4.69) is 20.9 Å². The lowest BCUT2D eigenvalue weighted by molar-refractivity contribution is 0.213. The average molecular weight is 328 g/mol. The summed E-state index contributed by atoms with van der Waals surface area (Å²) in [5.74, 6) is 0.612. The number of hydrogen-bond acceptors (Lipinski definition) is 3. The van der Waals surface area contributed by atoms with Gasteiger partial charge < -0.3 is 10.5 Å². The molecule has 0 aliphatic carbocycles. The van der Waals surface area contributed by atoms with Crippen molar-refractivity contribution in [1.29, 1.82) is 0 Å². The quantitative estimate of drug-likeness (QED) is 0.934. The highest BCUT2D eigenvalue weighted by Gasteiger charge is 2.11. The molecule has 2 N–H and O–H groups in total. The zero-order valence-electron chi connectivity index (χ0n) is 9.51. The molecule has 1 aromatic heterocycles. The summed E-state index contributed by atoms with van der Waals surface area (Å²) in [6, 6.07) is 9.57. The molecule has 1 unspecified atom stereocenters. The molecule has 5 heteroatoms. The van der Waals surface area contributed by atoms with Crippen LogP contribution in [0, 0.1) is 0 Å². The van der Waals surface area contributed by atoms with Crippen molar-refractivity contribution in [3.05, 3.63) is 57.8 Å². The third-order valence-corrected chi connectivity index (χ3v) is 3.15. The Bertz CT molecular complexity index is 519. The molecule has 1 atom stereocenters. The first-order valence-corrected chi connectivity index (χ1v) is 6.59. The number of hydrogen-bond donors (Lipinski definition) is 1. The van der Waals surface area contributed by atoms with Gasteiger partial charge in [0.05, 0.1) is 11.2 Å². The van der Waals surface area contributed by atoms with E-state index < -0.39 is 0 Å². The minimum Gasteiger partial charge on any atom is -0.483 e. The number of halogens is 2. The van der Waals surface area contributed by atoms with Crippen LogP contribution in [-0.4, -0.2) is 11.5 Å². The lowest BCUT2D eigenvalue weighted by Crippen LogP contribution is -2.18. The summed E-state index contributed by atoms with van der Waals surface area (Å²) in [6.07, 6.45) is 2.97. The first-order valence-electron chi connectivity index (χ1n) is 5.42. The van der Waals surface area contributed by atoms with Gasteiger partial charge in [0.1, 0.15) is 11.9 Å². The molecule has 0 bridgehead atoms. The number of nitrogens with zero attached hydrogens (tertiary/aromatic N) is 1. The Morgan fingerprint density at radius 2 is 2.00 bits per heavy atom. The van der Waals surface area contributed by atoms with Crippen LogP contribution in [0.5, 0.6) is 5.75 Å². The SMILES string of the molecule is NCC(Oc1cncc(Cl)c1)c1ccc(Br)cc1. The maximum absolute atomic E-state index is 5.86. The molecule has 0 saturated carbocycles. The van der Waals surface area contributed by atoms with Crippen LogP contribution in [0.3, 0.4) is 0 Å². The van der Waals surface area contributed by atoms with Gasteiger partial charge in [-0.3, -0.25) is 4.98 Å². The molecule has 1 aromatic carbocycles. The number of ether oxygens (including phenoxy) is 1. The average Bonchev–Trinajstić information content (AvgIpc) is 2.37. The number of rotatable bonds is 4. The second kappa shape index (κ2) is 6.18. The van der Waals surface area contributed by atoms with Crippen LogP contribution in [0.25, 0.3) is 0 Å². The minimum atomic E-state index is -0.210. The molecule has 2 rings (SSSR count). The van der Waals surface area contributed by atoms with E-state index in [1.807, 2.05) is 24.3 Å². The molecule has 94 valence electrons. The van der Waals surface area contributed by atoms with Crippen molar-refractivity contribution in [3.63, 3.8) is 0 Å². The third kappa shape index (κ3) is 3.45. The van der Waals surface area contributed by atoms with E-state index in [9.17, 15) is 0 Å². The summed E-state index contributed by atoms with van der Waals surface area (Å²) in [5.41, 5.74) is 6.75. The highest BCUT2D eigenvalue weighted by Crippen LogP contribution is 2.24. The molecule has 0 amide bonds. The predicted octanol–water partition coefficient (Wildman–Crippen LogP) is 3.58. The number of aromatic nitrogens is 1. The lowest BCUT2D eigenvalue weighted by Gasteiger charge is -2.17. The van der Waals surface area contributed by atoms with Gasteiger partial charge in [-0.05, 0) is 17.7 Å². The highest BCUT2D eigenvalue weighted by molar-refractivity contribution is 9.10. The fourth-order valence-corrected chi connectivity index (χ4v) is 1.98. The van der Waals surface area contributed by atoms with Gasteiger partial charge in [0.25, 0.3) is 0 Å². The summed E-state index contributed by atoms with van der Waals surface area (Å²) < 4.78 is 6.80. The van der Waals surface area contributed by atoms with Crippen LogP contribution in [0.2, 0.25) is 5.02 Å². The summed E-state index contributed by atoms with van der Waals surface area (Å²) in [5, 5.41) is 0.541. The van der Waals surface area contributed by atoms with Crippen LogP contribution in [0.15, 0.2) is 47.2 Å². The Kier molecular flexibility index (Phi) is 4.58. The lowest BCUT2D eigenvalue weighted by atomic mass is 10.1. The summed E-state index contributed by atoms with van der Waals surface area (Å²) in [7, 11) is 0. The molecule has 0 spiro atoms. The van der Waals surface area contributed by atoms with Crippen LogP contribution < -0.4 is 10.5 Å². The standard InChI is InChI=1S/C13H12BrClN2O/c14-10-3-1-9(2-4-10)13(6-16)18-12-5-11(15)7-17-8-12/h1-5,7-8,13H,6,16H2. The molecule has 3 nitrogen and oxygen atoms in total. The number of nitrogens with two attached hydrogens (primary N) is 1. The Morgan fingerprint density at radius 1 is 1.28 bits per heavy atom. The Labute approximate surface area is 119 Å². The molecule has 18 heavy (non-hydrogen) atoms. The maximum Gasteiger partial charge on any atom is 0.140 e. The van der Waals surface area contributed by atoms with Gasteiger partial charge in [-0.25, -0.2) is 0 Å². The van der Waals surface area contributed by atoms with Crippen LogP contribution in [0.4, 0.5) is 0 Å². The van der Waals surface area contributed by atoms with Gasteiger partial charge in [-0.15, -0.1) is 0 Å². The summed E-state index contributed by atoms with van der Waals surface area (Å²) in [4.78, 5) is 3.97. The smallest absolute Gasteiger partial charge is 0.140 e. The molecule has 0 aliphatic heterocycles. The minimum absolute atomic E-state index is 0.210. The van der Waals surface area contributed by atoms with E-state index >= 15 is 0 Å². The zero-order valence-corrected chi connectivity index (χ0v) is 11.9. The van der Waals surface area contributed by atoms with Gasteiger partial charge in [0.2, 0.25) is 0 Å². The van der Waals surface area contributed by atoms with Crippen molar-refractivity contribution < 1.29 is 4.74 Å². The van der Waals surface area contributed by atoms with E-state index in [-0.39, 0.29) is 6.10 Å². The normalized spacial score (nSPS) is 12.2. The second-order valence-electron chi connectivity index (χ2n) is 3.73.